The van der Waals surface area contributed by atoms with Crippen LogP contribution in [0.5, 0.6) is 0 Å². The molecule has 7 heteroatoms. The number of unbranched alkanes of at least 4 members (excludes halogenated alkanes) is 3. The van der Waals surface area contributed by atoms with Crippen molar-refractivity contribution in [2.75, 3.05) is 27.2 Å². The van der Waals surface area contributed by atoms with Crippen molar-refractivity contribution in [2.45, 2.75) is 32.2 Å². The number of halogens is 1. The molecular weight excluding hydrogens is 419 g/mol. The highest BCUT2D eigenvalue weighted by Crippen LogP contribution is 2.01. The first-order valence-electron chi connectivity index (χ1n) is 7.99. The van der Waals surface area contributed by atoms with E-state index >= 15 is 0 Å². The van der Waals surface area contributed by atoms with E-state index in [0.29, 0.717) is 6.54 Å². The Morgan fingerprint density at radius 2 is 2.17 bits per heavy atom. The molecule has 0 saturated carbocycles. The number of rotatable bonds is 10. The SMILES string of the molecule is C=CCCCCCN(C)C(=NC)NCC(=O)NCc1ccco1.I. The van der Waals surface area contributed by atoms with Gasteiger partial charge in [0, 0.05) is 20.6 Å². The normalized spacial score (nSPS) is 10.7. The van der Waals surface area contributed by atoms with Crippen LogP contribution in [0.25, 0.3) is 0 Å². The van der Waals surface area contributed by atoms with Gasteiger partial charge in [0.2, 0.25) is 5.91 Å². The van der Waals surface area contributed by atoms with Gasteiger partial charge >= 0.3 is 0 Å². The first kappa shape index (κ1) is 22.5. The molecule has 0 aliphatic carbocycles. The number of carbonyl (C=O) groups is 1. The monoisotopic (exact) mass is 448 g/mol. The molecule has 0 saturated heterocycles. The fourth-order valence-electron chi connectivity index (χ4n) is 2.13. The smallest absolute Gasteiger partial charge is 0.239 e. The van der Waals surface area contributed by atoms with Crippen LogP contribution in [0.4, 0.5) is 0 Å². The lowest BCUT2D eigenvalue weighted by atomic mass is 10.2. The maximum atomic E-state index is 11.8. The summed E-state index contributed by atoms with van der Waals surface area (Å²) < 4.78 is 5.17. The molecule has 1 aromatic heterocycles. The zero-order valence-corrected chi connectivity index (χ0v) is 16.9. The summed E-state index contributed by atoms with van der Waals surface area (Å²) in [5, 5.41) is 5.86. The van der Waals surface area contributed by atoms with Crippen LogP contribution in [0.3, 0.4) is 0 Å². The Morgan fingerprint density at radius 3 is 2.79 bits per heavy atom. The third-order valence-corrected chi connectivity index (χ3v) is 3.42. The van der Waals surface area contributed by atoms with E-state index in [2.05, 4.69) is 22.2 Å². The number of hydrogen-bond acceptors (Lipinski definition) is 3. The summed E-state index contributed by atoms with van der Waals surface area (Å²) in [4.78, 5) is 18.1. The number of nitrogens with one attached hydrogen (secondary N) is 2. The number of furan rings is 1. The summed E-state index contributed by atoms with van der Waals surface area (Å²) in [5.74, 6) is 1.36. The number of allylic oxidation sites excluding steroid dienone is 1. The van der Waals surface area contributed by atoms with Crippen LogP contribution < -0.4 is 10.6 Å². The van der Waals surface area contributed by atoms with E-state index in [0.717, 1.165) is 37.5 Å². The second-order valence-corrected chi connectivity index (χ2v) is 5.32. The van der Waals surface area contributed by atoms with Crippen molar-refractivity contribution in [3.05, 3.63) is 36.8 Å². The van der Waals surface area contributed by atoms with Gasteiger partial charge in [-0.3, -0.25) is 9.79 Å². The summed E-state index contributed by atoms with van der Waals surface area (Å²) in [7, 11) is 3.70. The van der Waals surface area contributed by atoms with E-state index in [1.807, 2.05) is 24.1 Å². The molecule has 0 radical (unpaired) electrons. The van der Waals surface area contributed by atoms with Gasteiger partial charge < -0.3 is 20.0 Å². The molecule has 1 heterocycles. The van der Waals surface area contributed by atoms with Crippen molar-refractivity contribution in [3.63, 3.8) is 0 Å². The molecule has 0 bridgehead atoms. The van der Waals surface area contributed by atoms with Crippen LogP contribution in [0.1, 0.15) is 31.4 Å². The van der Waals surface area contributed by atoms with Gasteiger partial charge in [0.15, 0.2) is 5.96 Å². The van der Waals surface area contributed by atoms with Crippen molar-refractivity contribution < 1.29 is 9.21 Å². The predicted molar refractivity (Wildman–Crippen MR) is 109 cm³/mol. The molecule has 0 aliphatic heterocycles. The Balaban J connectivity index is 0.00000529. The van der Waals surface area contributed by atoms with Gasteiger partial charge in [-0.25, -0.2) is 0 Å². The van der Waals surface area contributed by atoms with Crippen LogP contribution in [-0.4, -0.2) is 44.0 Å². The van der Waals surface area contributed by atoms with E-state index in [9.17, 15) is 4.79 Å². The van der Waals surface area contributed by atoms with Crippen molar-refractivity contribution in [1.29, 1.82) is 0 Å². The van der Waals surface area contributed by atoms with Crippen LogP contribution >= 0.6 is 24.0 Å². The highest BCUT2D eigenvalue weighted by molar-refractivity contribution is 14.0. The molecule has 2 N–H and O–H groups in total. The van der Waals surface area contributed by atoms with Crippen LogP contribution in [-0.2, 0) is 11.3 Å². The minimum atomic E-state index is -0.0954. The van der Waals surface area contributed by atoms with Crippen molar-refractivity contribution in [3.8, 4) is 0 Å². The zero-order chi connectivity index (χ0) is 16.9. The van der Waals surface area contributed by atoms with Crippen molar-refractivity contribution in [1.82, 2.24) is 15.5 Å². The minimum absolute atomic E-state index is 0. The standard InChI is InChI=1S/C17H28N4O2.HI/c1-4-5-6-7-8-11-21(3)17(18-2)20-14-16(22)19-13-15-10-9-12-23-15;/h4,9-10,12H,1,5-8,11,13-14H2,2-3H3,(H,18,20)(H,19,22);1H. The number of guanidine groups is 1. The van der Waals surface area contributed by atoms with Crippen LogP contribution in [0, 0.1) is 0 Å². The zero-order valence-electron chi connectivity index (χ0n) is 14.6. The number of carbonyl (C=O) groups excluding carboxylic acids is 1. The van der Waals surface area contributed by atoms with Gasteiger partial charge in [0.1, 0.15) is 5.76 Å². The third kappa shape index (κ3) is 9.59. The molecule has 6 nitrogen and oxygen atoms in total. The number of nitrogens with zero attached hydrogens (tertiary/aromatic N) is 2. The number of amides is 1. The highest BCUT2D eigenvalue weighted by Gasteiger charge is 2.08. The highest BCUT2D eigenvalue weighted by atomic mass is 127. The number of aliphatic imine (C=N–C) groups is 1. The molecule has 0 atom stereocenters. The van der Waals surface area contributed by atoms with E-state index in [1.54, 1.807) is 19.4 Å². The first-order chi connectivity index (χ1) is 11.2. The molecule has 0 fully saturated rings. The van der Waals surface area contributed by atoms with Gasteiger partial charge in [0.05, 0.1) is 19.4 Å². The molecule has 0 spiro atoms. The lowest BCUT2D eigenvalue weighted by Gasteiger charge is -2.21. The van der Waals surface area contributed by atoms with Gasteiger partial charge in [-0.2, -0.15) is 0 Å². The lowest BCUT2D eigenvalue weighted by molar-refractivity contribution is -0.120. The molecule has 0 aromatic carbocycles. The largest absolute Gasteiger partial charge is 0.467 e. The Bertz CT molecular complexity index is 489. The molecule has 24 heavy (non-hydrogen) atoms. The van der Waals surface area contributed by atoms with Gasteiger partial charge in [0.25, 0.3) is 0 Å². The fourth-order valence-corrected chi connectivity index (χ4v) is 2.13. The molecule has 1 amide bonds. The van der Waals surface area contributed by atoms with E-state index in [-0.39, 0.29) is 36.4 Å². The van der Waals surface area contributed by atoms with E-state index in [4.69, 9.17) is 4.42 Å². The Kier molecular flexibility index (Phi) is 13.0. The van der Waals surface area contributed by atoms with E-state index in [1.165, 1.54) is 6.42 Å². The molecule has 1 rings (SSSR count). The molecule has 0 aliphatic rings. The molecule has 1 aromatic rings. The van der Waals surface area contributed by atoms with E-state index < -0.39 is 0 Å². The van der Waals surface area contributed by atoms with Gasteiger partial charge in [-0.1, -0.05) is 12.5 Å². The fraction of sp³-hybridized carbons (Fsp3) is 0.529. The Hall–Kier alpha value is -1.51. The molecule has 0 unspecified atom stereocenters. The summed E-state index contributed by atoms with van der Waals surface area (Å²) in [6.07, 6.45) is 8.02. The summed E-state index contributed by atoms with van der Waals surface area (Å²) in [6.45, 7) is 5.21. The van der Waals surface area contributed by atoms with Crippen LogP contribution in [0.15, 0.2) is 40.5 Å². The first-order valence-corrected chi connectivity index (χ1v) is 7.99. The second-order valence-electron chi connectivity index (χ2n) is 5.32. The summed E-state index contributed by atoms with van der Waals surface area (Å²) in [5.41, 5.74) is 0. The molecule has 136 valence electrons. The van der Waals surface area contributed by atoms with Crippen molar-refractivity contribution >= 4 is 35.8 Å². The maximum absolute atomic E-state index is 11.8. The summed E-state index contributed by atoms with van der Waals surface area (Å²) >= 11 is 0. The number of hydrogen-bond donors (Lipinski definition) is 2. The van der Waals surface area contributed by atoms with Crippen molar-refractivity contribution in [2.24, 2.45) is 4.99 Å². The topological polar surface area (TPSA) is 69.9 Å². The maximum Gasteiger partial charge on any atom is 0.239 e. The predicted octanol–water partition coefficient (Wildman–Crippen LogP) is 2.77. The van der Waals surface area contributed by atoms with Gasteiger partial charge in [-0.05, 0) is 31.4 Å². The Morgan fingerprint density at radius 1 is 1.38 bits per heavy atom. The quantitative estimate of drug-likeness (QED) is 0.190. The van der Waals surface area contributed by atoms with Gasteiger partial charge in [-0.15, -0.1) is 30.6 Å². The third-order valence-electron chi connectivity index (χ3n) is 3.42. The average Bonchev–Trinajstić information content (AvgIpc) is 3.06. The Labute approximate surface area is 161 Å². The second kappa shape index (κ2) is 13.9. The minimum Gasteiger partial charge on any atom is -0.467 e. The average molecular weight is 448 g/mol. The molecular formula is C17H29IN4O2. The summed E-state index contributed by atoms with van der Waals surface area (Å²) in [6, 6.07) is 3.62. The van der Waals surface area contributed by atoms with Crippen LogP contribution in [0.2, 0.25) is 0 Å². The lowest BCUT2D eigenvalue weighted by Crippen LogP contribution is -2.44.